The van der Waals surface area contributed by atoms with E-state index in [4.69, 9.17) is 0 Å². The molecule has 14 heavy (non-hydrogen) atoms. The summed E-state index contributed by atoms with van der Waals surface area (Å²) in [6, 6.07) is 0. The minimum absolute atomic E-state index is 0.0277. The molecule has 0 bridgehead atoms. The Labute approximate surface area is 87.3 Å². The third kappa shape index (κ3) is 2.28. The quantitative estimate of drug-likeness (QED) is 0.788. The third-order valence-electron chi connectivity index (χ3n) is 3.55. The molecular weight excluding hydrogens is 198 g/mol. The number of hydrogen-bond acceptors (Lipinski definition) is 2. The second kappa shape index (κ2) is 4.19. The van der Waals surface area contributed by atoms with Crippen LogP contribution in [-0.2, 0) is 10.0 Å². The van der Waals surface area contributed by atoms with Crippen molar-refractivity contribution in [1.29, 1.82) is 0 Å². The summed E-state index contributed by atoms with van der Waals surface area (Å²) in [5.74, 6) is 0. The van der Waals surface area contributed by atoms with Gasteiger partial charge in [-0.3, -0.25) is 0 Å². The van der Waals surface area contributed by atoms with E-state index >= 15 is 0 Å². The van der Waals surface area contributed by atoms with Crippen LogP contribution in [0.5, 0.6) is 0 Å². The Balaban J connectivity index is 2.77. The summed E-state index contributed by atoms with van der Waals surface area (Å²) >= 11 is 0. The van der Waals surface area contributed by atoms with Gasteiger partial charge < -0.3 is 0 Å². The fraction of sp³-hybridized carbons (Fsp3) is 1.00. The highest BCUT2D eigenvalue weighted by atomic mass is 32.2. The van der Waals surface area contributed by atoms with Crippen LogP contribution in [0.1, 0.15) is 46.5 Å². The van der Waals surface area contributed by atoms with Gasteiger partial charge in [-0.25, -0.2) is 13.1 Å². The van der Waals surface area contributed by atoms with Crippen LogP contribution in [0.2, 0.25) is 0 Å². The molecule has 0 radical (unpaired) electrons. The van der Waals surface area contributed by atoms with E-state index in [0.717, 1.165) is 25.7 Å². The van der Waals surface area contributed by atoms with Crippen molar-refractivity contribution in [2.75, 3.05) is 6.54 Å². The molecule has 1 aliphatic heterocycles. The molecule has 0 aliphatic carbocycles. The first-order chi connectivity index (χ1) is 6.42. The second-order valence-corrected chi connectivity index (χ2v) is 6.67. The van der Waals surface area contributed by atoms with E-state index in [1.54, 1.807) is 0 Å². The summed E-state index contributed by atoms with van der Waals surface area (Å²) in [6.45, 7) is 6.68. The van der Waals surface area contributed by atoms with Gasteiger partial charge in [0.2, 0.25) is 10.0 Å². The summed E-state index contributed by atoms with van der Waals surface area (Å²) in [6.07, 6.45) is 4.24. The molecule has 0 aromatic heterocycles. The summed E-state index contributed by atoms with van der Waals surface area (Å²) in [7, 11) is -3.05. The first-order valence-corrected chi connectivity index (χ1v) is 6.95. The highest BCUT2D eigenvalue weighted by molar-refractivity contribution is 7.90. The van der Waals surface area contributed by atoms with Gasteiger partial charge in [0.25, 0.3) is 0 Å². The lowest BCUT2D eigenvalue weighted by Crippen LogP contribution is -2.49. The molecule has 0 aromatic rings. The van der Waals surface area contributed by atoms with Crippen LogP contribution in [0.3, 0.4) is 0 Å². The molecule has 4 heteroatoms. The Hall–Kier alpha value is -0.0900. The van der Waals surface area contributed by atoms with Crippen molar-refractivity contribution in [2.45, 2.75) is 51.7 Å². The van der Waals surface area contributed by atoms with Gasteiger partial charge in [-0.05, 0) is 25.2 Å². The largest absolute Gasteiger partial charge is 0.215 e. The van der Waals surface area contributed by atoms with Crippen molar-refractivity contribution in [3.63, 3.8) is 0 Å². The van der Waals surface area contributed by atoms with Gasteiger partial charge in [-0.1, -0.05) is 26.7 Å². The molecule has 1 saturated heterocycles. The first-order valence-electron chi connectivity index (χ1n) is 5.41. The Kier molecular flexibility index (Phi) is 3.58. The lowest BCUT2D eigenvalue weighted by molar-refractivity contribution is 0.242. The molecule has 2 unspecified atom stereocenters. The van der Waals surface area contributed by atoms with Crippen molar-refractivity contribution in [2.24, 2.45) is 5.41 Å². The van der Waals surface area contributed by atoms with Crippen LogP contribution in [0, 0.1) is 5.41 Å². The monoisotopic (exact) mass is 219 g/mol. The van der Waals surface area contributed by atoms with E-state index in [1.807, 2.05) is 6.92 Å². The van der Waals surface area contributed by atoms with Gasteiger partial charge in [0.05, 0.1) is 5.25 Å². The summed E-state index contributed by atoms with van der Waals surface area (Å²) in [5, 5.41) is -0.254. The second-order valence-electron chi connectivity index (χ2n) is 4.59. The zero-order valence-electron chi connectivity index (χ0n) is 9.34. The highest BCUT2D eigenvalue weighted by Crippen LogP contribution is 2.37. The minimum Gasteiger partial charge on any atom is -0.215 e. The molecule has 2 atom stereocenters. The van der Waals surface area contributed by atoms with Gasteiger partial charge >= 0.3 is 0 Å². The van der Waals surface area contributed by atoms with Crippen LogP contribution >= 0.6 is 0 Å². The van der Waals surface area contributed by atoms with Crippen LogP contribution in [0.15, 0.2) is 0 Å². The van der Waals surface area contributed by atoms with E-state index < -0.39 is 10.0 Å². The predicted molar refractivity (Wildman–Crippen MR) is 58.6 cm³/mol. The fourth-order valence-electron chi connectivity index (χ4n) is 2.09. The maximum atomic E-state index is 11.6. The van der Waals surface area contributed by atoms with Crippen molar-refractivity contribution >= 4 is 10.0 Å². The molecule has 3 nitrogen and oxygen atoms in total. The van der Waals surface area contributed by atoms with Crippen LogP contribution in [-0.4, -0.2) is 20.2 Å². The van der Waals surface area contributed by atoms with E-state index in [-0.39, 0.29) is 10.7 Å². The van der Waals surface area contributed by atoms with Crippen molar-refractivity contribution in [1.82, 2.24) is 4.72 Å². The molecule has 84 valence electrons. The number of rotatable bonds is 3. The lowest BCUT2D eigenvalue weighted by Gasteiger charge is -2.39. The molecule has 0 aromatic carbocycles. The summed E-state index contributed by atoms with van der Waals surface area (Å²) < 4.78 is 25.9. The molecule has 1 fully saturated rings. The average Bonchev–Trinajstić information content (AvgIpc) is 2.11. The van der Waals surface area contributed by atoms with Crippen LogP contribution in [0.4, 0.5) is 0 Å². The molecular formula is C10H21NO2S. The normalized spacial score (nSPS) is 36.9. The first kappa shape index (κ1) is 12.0. The highest BCUT2D eigenvalue weighted by Gasteiger charge is 2.41. The number of unbranched alkanes of at least 4 members (excludes halogenated alkanes) is 1. The Morgan fingerprint density at radius 3 is 2.71 bits per heavy atom. The maximum Gasteiger partial charge on any atom is 0.214 e. The van der Waals surface area contributed by atoms with Crippen molar-refractivity contribution < 1.29 is 8.42 Å². The Morgan fingerprint density at radius 2 is 2.14 bits per heavy atom. The summed E-state index contributed by atoms with van der Waals surface area (Å²) in [5.41, 5.74) is -0.0277. The van der Waals surface area contributed by atoms with E-state index in [2.05, 4.69) is 18.6 Å². The SMILES string of the molecule is CCCCC1(C)CCNS(=O)(=O)C1C. The summed E-state index contributed by atoms with van der Waals surface area (Å²) in [4.78, 5) is 0. The zero-order valence-corrected chi connectivity index (χ0v) is 10.2. The van der Waals surface area contributed by atoms with Gasteiger partial charge in [0.1, 0.15) is 0 Å². The molecule has 1 heterocycles. The number of nitrogens with one attached hydrogen (secondary N) is 1. The smallest absolute Gasteiger partial charge is 0.214 e. The van der Waals surface area contributed by atoms with Gasteiger partial charge in [-0.15, -0.1) is 0 Å². The van der Waals surface area contributed by atoms with Crippen molar-refractivity contribution in [3.05, 3.63) is 0 Å². The van der Waals surface area contributed by atoms with Crippen LogP contribution < -0.4 is 4.72 Å². The molecule has 0 spiro atoms. The van der Waals surface area contributed by atoms with Gasteiger partial charge in [0, 0.05) is 6.54 Å². The molecule has 0 amide bonds. The average molecular weight is 219 g/mol. The maximum absolute atomic E-state index is 11.6. The van der Waals surface area contributed by atoms with Crippen molar-refractivity contribution in [3.8, 4) is 0 Å². The number of sulfonamides is 1. The Morgan fingerprint density at radius 1 is 1.50 bits per heavy atom. The fourth-order valence-corrected chi connectivity index (χ4v) is 3.71. The predicted octanol–water partition coefficient (Wildman–Crippen LogP) is 1.89. The molecule has 1 N–H and O–H groups in total. The zero-order chi connectivity index (χ0) is 10.8. The topological polar surface area (TPSA) is 46.2 Å². The van der Waals surface area contributed by atoms with Gasteiger partial charge in [-0.2, -0.15) is 0 Å². The lowest BCUT2D eigenvalue weighted by atomic mass is 9.79. The van der Waals surface area contributed by atoms with Gasteiger partial charge in [0.15, 0.2) is 0 Å². The van der Waals surface area contributed by atoms with Crippen LogP contribution in [0.25, 0.3) is 0 Å². The molecule has 0 saturated carbocycles. The molecule has 1 rings (SSSR count). The van der Waals surface area contributed by atoms with E-state index in [1.165, 1.54) is 0 Å². The number of hydrogen-bond donors (Lipinski definition) is 1. The Bertz CT molecular complexity index is 286. The van der Waals surface area contributed by atoms with E-state index in [9.17, 15) is 8.42 Å². The molecule has 1 aliphatic rings. The third-order valence-corrected chi connectivity index (χ3v) is 5.65. The standard InChI is InChI=1S/C10H21NO2S/c1-4-5-6-10(3)7-8-11-14(12,13)9(10)2/h9,11H,4-8H2,1-3H3. The van der Waals surface area contributed by atoms with E-state index in [0.29, 0.717) is 6.54 Å². The minimum atomic E-state index is -3.05.